The zero-order valence-corrected chi connectivity index (χ0v) is 18.2. The van der Waals surface area contributed by atoms with E-state index in [1.807, 2.05) is 30.3 Å². The minimum Gasteiger partial charge on any atom is -0.489 e. The summed E-state index contributed by atoms with van der Waals surface area (Å²) in [5, 5.41) is 11.3. The number of nitrogens with one attached hydrogen (secondary N) is 1. The van der Waals surface area contributed by atoms with Crippen LogP contribution in [-0.2, 0) is 13.2 Å². The SMILES string of the molecule is Cc1onc(C(=O)Nc2cc(C)n(Cc3c(F)cccc3Cl)n2)c1COc1ccccc1. The number of ether oxygens (including phenoxy) is 1. The zero-order valence-electron chi connectivity index (χ0n) is 17.4. The smallest absolute Gasteiger partial charge is 0.279 e. The molecule has 4 rings (SSSR count). The number of anilines is 1. The minimum absolute atomic E-state index is 0.114. The highest BCUT2D eigenvalue weighted by molar-refractivity contribution is 6.31. The molecule has 0 saturated heterocycles. The highest BCUT2D eigenvalue weighted by Gasteiger charge is 2.22. The van der Waals surface area contributed by atoms with E-state index in [2.05, 4.69) is 15.6 Å². The van der Waals surface area contributed by atoms with Crippen LogP contribution in [0.3, 0.4) is 0 Å². The molecule has 164 valence electrons. The van der Waals surface area contributed by atoms with E-state index in [0.717, 1.165) is 5.69 Å². The first-order valence-electron chi connectivity index (χ1n) is 9.84. The van der Waals surface area contributed by atoms with E-state index >= 15 is 0 Å². The third-order valence-electron chi connectivity index (χ3n) is 4.92. The maximum atomic E-state index is 14.1. The molecule has 7 nitrogen and oxygen atoms in total. The highest BCUT2D eigenvalue weighted by Crippen LogP contribution is 2.22. The van der Waals surface area contributed by atoms with E-state index in [1.54, 1.807) is 36.7 Å². The molecule has 1 N–H and O–H groups in total. The van der Waals surface area contributed by atoms with Gasteiger partial charge in [-0.05, 0) is 38.1 Å². The molecule has 0 aliphatic carbocycles. The van der Waals surface area contributed by atoms with Gasteiger partial charge < -0.3 is 14.6 Å². The second kappa shape index (κ2) is 9.23. The number of nitrogens with zero attached hydrogens (tertiary/aromatic N) is 3. The van der Waals surface area contributed by atoms with E-state index in [9.17, 15) is 9.18 Å². The molecular formula is C23H20ClFN4O3. The van der Waals surface area contributed by atoms with Gasteiger partial charge in [0.15, 0.2) is 11.5 Å². The van der Waals surface area contributed by atoms with E-state index < -0.39 is 11.7 Å². The number of halogens is 2. The molecule has 0 saturated carbocycles. The Morgan fingerprint density at radius 2 is 1.94 bits per heavy atom. The summed E-state index contributed by atoms with van der Waals surface area (Å²) in [6.45, 7) is 3.77. The molecule has 0 unspecified atom stereocenters. The van der Waals surface area contributed by atoms with Crippen LogP contribution < -0.4 is 10.1 Å². The van der Waals surface area contributed by atoms with Crippen molar-refractivity contribution in [3.63, 3.8) is 0 Å². The number of amides is 1. The van der Waals surface area contributed by atoms with Crippen molar-refractivity contribution in [1.82, 2.24) is 14.9 Å². The van der Waals surface area contributed by atoms with Gasteiger partial charge in [0.2, 0.25) is 0 Å². The lowest BCUT2D eigenvalue weighted by atomic mass is 10.2. The molecular weight excluding hydrogens is 435 g/mol. The van der Waals surface area contributed by atoms with E-state index in [-0.39, 0.29) is 18.8 Å². The first kappa shape index (κ1) is 21.6. The van der Waals surface area contributed by atoms with Crippen molar-refractivity contribution >= 4 is 23.3 Å². The second-order valence-electron chi connectivity index (χ2n) is 7.15. The number of aromatic nitrogens is 3. The first-order valence-corrected chi connectivity index (χ1v) is 10.2. The monoisotopic (exact) mass is 454 g/mol. The molecule has 0 spiro atoms. The predicted molar refractivity (Wildman–Crippen MR) is 117 cm³/mol. The molecule has 1 amide bonds. The number of aryl methyl sites for hydroxylation is 2. The predicted octanol–water partition coefficient (Wildman–Crippen LogP) is 5.16. The summed E-state index contributed by atoms with van der Waals surface area (Å²) in [7, 11) is 0. The van der Waals surface area contributed by atoms with Crippen LogP contribution >= 0.6 is 11.6 Å². The Kier molecular flexibility index (Phi) is 6.23. The molecule has 2 aromatic carbocycles. The molecule has 0 aliphatic rings. The van der Waals surface area contributed by atoms with Crippen LogP contribution in [-0.4, -0.2) is 20.8 Å². The van der Waals surface area contributed by atoms with Crippen molar-refractivity contribution in [3.05, 3.63) is 93.7 Å². The standard InChI is InChI=1S/C23H20ClFN4O3/c1-14-11-21(27-29(14)12-17-19(24)9-6-10-20(17)25)26-23(30)22-18(15(2)32-28-22)13-31-16-7-4-3-5-8-16/h3-11H,12-13H2,1-2H3,(H,26,27,30). The summed E-state index contributed by atoms with van der Waals surface area (Å²) >= 11 is 6.12. The Bertz CT molecular complexity index is 1230. The fourth-order valence-corrected chi connectivity index (χ4v) is 3.37. The molecule has 0 atom stereocenters. The van der Waals surface area contributed by atoms with Gasteiger partial charge in [-0.3, -0.25) is 9.48 Å². The lowest BCUT2D eigenvalue weighted by Crippen LogP contribution is -2.16. The molecule has 0 radical (unpaired) electrons. The van der Waals surface area contributed by atoms with Gasteiger partial charge in [-0.2, -0.15) is 5.10 Å². The number of benzene rings is 2. The lowest BCUT2D eigenvalue weighted by molar-refractivity contribution is 0.101. The number of carbonyl (C=O) groups is 1. The Labute approximate surface area is 188 Å². The van der Waals surface area contributed by atoms with Crippen molar-refractivity contribution in [2.24, 2.45) is 0 Å². The summed E-state index contributed by atoms with van der Waals surface area (Å²) in [5.74, 6) is 0.555. The quantitative estimate of drug-likeness (QED) is 0.417. The van der Waals surface area contributed by atoms with Gasteiger partial charge in [0.1, 0.15) is 23.9 Å². The van der Waals surface area contributed by atoms with Crippen LogP contribution in [0.1, 0.15) is 33.1 Å². The Morgan fingerprint density at radius 3 is 2.69 bits per heavy atom. The van der Waals surface area contributed by atoms with Crippen molar-refractivity contribution in [3.8, 4) is 5.75 Å². The van der Waals surface area contributed by atoms with E-state index in [1.165, 1.54) is 6.07 Å². The summed E-state index contributed by atoms with van der Waals surface area (Å²) in [6.07, 6.45) is 0. The van der Waals surface area contributed by atoms with Crippen LogP contribution in [0.2, 0.25) is 5.02 Å². The second-order valence-corrected chi connectivity index (χ2v) is 7.56. The van der Waals surface area contributed by atoms with Gasteiger partial charge in [0, 0.05) is 22.3 Å². The summed E-state index contributed by atoms with van der Waals surface area (Å²) in [4.78, 5) is 12.8. The van der Waals surface area contributed by atoms with Crippen LogP contribution in [0, 0.1) is 19.7 Å². The molecule has 32 heavy (non-hydrogen) atoms. The average molecular weight is 455 g/mol. The minimum atomic E-state index is -0.484. The molecule has 0 bridgehead atoms. The van der Waals surface area contributed by atoms with Crippen molar-refractivity contribution in [1.29, 1.82) is 0 Å². The fraction of sp³-hybridized carbons (Fsp3) is 0.174. The van der Waals surface area contributed by atoms with Crippen molar-refractivity contribution < 1.29 is 18.4 Å². The van der Waals surface area contributed by atoms with Crippen LogP contribution in [0.4, 0.5) is 10.2 Å². The average Bonchev–Trinajstić information content (AvgIpc) is 3.31. The van der Waals surface area contributed by atoms with Gasteiger partial charge in [-0.1, -0.05) is 41.0 Å². The molecule has 0 fully saturated rings. The number of carbonyl (C=O) groups excluding carboxylic acids is 1. The number of rotatable bonds is 7. The van der Waals surface area contributed by atoms with Gasteiger partial charge in [0.25, 0.3) is 5.91 Å². The van der Waals surface area contributed by atoms with Gasteiger partial charge in [-0.25, -0.2) is 4.39 Å². The first-order chi connectivity index (χ1) is 15.4. The van der Waals surface area contributed by atoms with Gasteiger partial charge >= 0.3 is 0 Å². The van der Waals surface area contributed by atoms with Gasteiger partial charge in [0.05, 0.1) is 12.1 Å². The Hall–Kier alpha value is -3.65. The number of hydrogen-bond donors (Lipinski definition) is 1. The highest BCUT2D eigenvalue weighted by atomic mass is 35.5. The zero-order chi connectivity index (χ0) is 22.7. The van der Waals surface area contributed by atoms with Gasteiger partial charge in [-0.15, -0.1) is 0 Å². The molecule has 2 heterocycles. The van der Waals surface area contributed by atoms with Crippen LogP contribution in [0.25, 0.3) is 0 Å². The molecule has 4 aromatic rings. The molecule has 2 aromatic heterocycles. The van der Waals surface area contributed by atoms with E-state index in [4.69, 9.17) is 20.9 Å². The van der Waals surface area contributed by atoms with Crippen LogP contribution in [0.5, 0.6) is 5.75 Å². The fourth-order valence-electron chi connectivity index (χ4n) is 3.15. The molecule has 9 heteroatoms. The summed E-state index contributed by atoms with van der Waals surface area (Å²) in [5.41, 5.74) is 1.71. The maximum Gasteiger partial charge on any atom is 0.279 e. The topological polar surface area (TPSA) is 82.2 Å². The van der Waals surface area contributed by atoms with Crippen molar-refractivity contribution in [2.45, 2.75) is 27.0 Å². The van der Waals surface area contributed by atoms with E-state index in [0.29, 0.717) is 33.5 Å². The maximum absolute atomic E-state index is 14.1. The number of hydrogen-bond acceptors (Lipinski definition) is 5. The lowest BCUT2D eigenvalue weighted by Gasteiger charge is -2.08. The third kappa shape index (κ3) is 4.65. The van der Waals surface area contributed by atoms with Crippen molar-refractivity contribution in [2.75, 3.05) is 5.32 Å². The largest absolute Gasteiger partial charge is 0.489 e. The third-order valence-corrected chi connectivity index (χ3v) is 5.27. The summed E-state index contributed by atoms with van der Waals surface area (Å²) in [6, 6.07) is 15.4. The summed E-state index contributed by atoms with van der Waals surface area (Å²) < 4.78 is 26.6. The Balaban J connectivity index is 1.49. The normalized spacial score (nSPS) is 10.9. The number of para-hydroxylation sites is 1. The Morgan fingerprint density at radius 1 is 1.16 bits per heavy atom. The van der Waals surface area contributed by atoms with Crippen LogP contribution in [0.15, 0.2) is 59.1 Å². The molecule has 0 aliphatic heterocycles.